The predicted octanol–water partition coefficient (Wildman–Crippen LogP) is 14.5. The van der Waals surface area contributed by atoms with Crippen LogP contribution in [0, 0.1) is 0 Å². The number of fused-ring (bicyclic) bond motifs is 6. The standard InChI is InChI=1S/C48H52N2S2/c1-7-9-11-13-15-35-29-41-45(51-35)37-19-17-31(25-39(37)47(41,3)4)33-21-23-49-43(27-33)44-28-34(22-24-50-44)32-18-20-38-40(26-32)48(5,6)42-30-36(52-46(38)42)16-14-12-10-8-2/h17-30H,7-16H2,1-6H3. The van der Waals surface area contributed by atoms with Gasteiger partial charge in [-0.15, -0.1) is 22.7 Å². The minimum absolute atomic E-state index is 0.00377. The Balaban J connectivity index is 1.04. The molecule has 0 amide bonds. The first kappa shape index (κ1) is 35.2. The summed E-state index contributed by atoms with van der Waals surface area (Å²) in [6, 6.07) is 27.9. The molecular weight excluding hydrogens is 669 g/mol. The molecule has 2 aliphatic carbocycles. The summed E-state index contributed by atoms with van der Waals surface area (Å²) < 4.78 is 0. The number of benzene rings is 2. The summed E-state index contributed by atoms with van der Waals surface area (Å²) in [5.74, 6) is 0. The molecule has 8 rings (SSSR count). The van der Waals surface area contributed by atoms with Crippen LogP contribution in [-0.2, 0) is 23.7 Å². The molecule has 4 heteroatoms. The van der Waals surface area contributed by atoms with E-state index < -0.39 is 0 Å². The number of aryl methyl sites for hydroxylation is 2. The molecule has 4 aromatic heterocycles. The topological polar surface area (TPSA) is 25.8 Å². The van der Waals surface area contributed by atoms with E-state index >= 15 is 0 Å². The van der Waals surface area contributed by atoms with Crippen molar-refractivity contribution in [1.29, 1.82) is 0 Å². The summed E-state index contributed by atoms with van der Waals surface area (Å²) in [5.41, 5.74) is 15.3. The van der Waals surface area contributed by atoms with Gasteiger partial charge < -0.3 is 0 Å². The molecule has 0 saturated carbocycles. The lowest BCUT2D eigenvalue weighted by Crippen LogP contribution is -2.14. The number of hydrogen-bond donors (Lipinski definition) is 0. The van der Waals surface area contributed by atoms with Crippen LogP contribution in [0.15, 0.2) is 85.2 Å². The van der Waals surface area contributed by atoms with Gasteiger partial charge in [0.25, 0.3) is 0 Å². The van der Waals surface area contributed by atoms with Crippen LogP contribution >= 0.6 is 22.7 Å². The van der Waals surface area contributed by atoms with E-state index in [1.165, 1.54) is 130 Å². The smallest absolute Gasteiger partial charge is 0.0892 e. The first-order valence-corrected chi connectivity index (χ1v) is 21.3. The lowest BCUT2D eigenvalue weighted by molar-refractivity contribution is 0.656. The van der Waals surface area contributed by atoms with E-state index in [1.807, 2.05) is 35.1 Å². The van der Waals surface area contributed by atoms with Crippen LogP contribution in [0.1, 0.15) is 125 Å². The lowest BCUT2D eigenvalue weighted by Gasteiger charge is -2.21. The fourth-order valence-corrected chi connectivity index (χ4v) is 11.4. The van der Waals surface area contributed by atoms with Crippen LogP contribution in [0.3, 0.4) is 0 Å². The van der Waals surface area contributed by atoms with Gasteiger partial charge in [0.05, 0.1) is 11.4 Å². The Kier molecular flexibility index (Phi) is 9.59. The van der Waals surface area contributed by atoms with E-state index in [4.69, 9.17) is 9.97 Å². The van der Waals surface area contributed by atoms with E-state index in [0.29, 0.717) is 0 Å². The van der Waals surface area contributed by atoms with Gasteiger partial charge in [-0.05, 0) is 130 Å². The van der Waals surface area contributed by atoms with Crippen LogP contribution in [0.25, 0.3) is 54.5 Å². The van der Waals surface area contributed by atoms with Crippen molar-refractivity contribution in [3.8, 4) is 54.5 Å². The average Bonchev–Trinajstić information content (AvgIpc) is 3.89. The summed E-state index contributed by atoms with van der Waals surface area (Å²) in [7, 11) is 0. The highest BCUT2D eigenvalue weighted by molar-refractivity contribution is 7.16. The normalized spacial score (nSPS) is 14.7. The van der Waals surface area contributed by atoms with Crippen molar-refractivity contribution in [2.24, 2.45) is 0 Å². The molecule has 0 saturated heterocycles. The molecule has 0 aliphatic heterocycles. The van der Waals surface area contributed by atoms with Gasteiger partial charge in [0.1, 0.15) is 0 Å². The second kappa shape index (κ2) is 14.2. The van der Waals surface area contributed by atoms with Crippen LogP contribution in [0.4, 0.5) is 0 Å². The fourth-order valence-electron chi connectivity index (χ4n) is 8.58. The van der Waals surface area contributed by atoms with E-state index in [-0.39, 0.29) is 10.8 Å². The Morgan fingerprint density at radius 1 is 0.462 bits per heavy atom. The maximum absolute atomic E-state index is 4.82. The molecule has 0 spiro atoms. The first-order valence-electron chi connectivity index (χ1n) is 19.7. The van der Waals surface area contributed by atoms with Gasteiger partial charge in [-0.25, -0.2) is 0 Å². The van der Waals surface area contributed by atoms with Crippen molar-refractivity contribution in [3.63, 3.8) is 0 Å². The van der Waals surface area contributed by atoms with Crippen LogP contribution in [0.5, 0.6) is 0 Å². The van der Waals surface area contributed by atoms with Crippen molar-refractivity contribution in [3.05, 3.63) is 117 Å². The molecule has 2 aromatic carbocycles. The highest BCUT2D eigenvalue weighted by Gasteiger charge is 2.38. The highest BCUT2D eigenvalue weighted by atomic mass is 32.1. The SMILES string of the molecule is CCCCCCc1cc2c(s1)-c1ccc(-c3ccnc(-c4cc(-c5ccc6c(c5)C(C)(C)c5cc(CCCCCC)sc5-6)ccn4)c3)cc1C2(C)C. The number of aromatic nitrogens is 2. The Hall–Kier alpha value is -3.86. The summed E-state index contributed by atoms with van der Waals surface area (Å²) in [6.45, 7) is 14.2. The lowest BCUT2D eigenvalue weighted by atomic mass is 9.81. The number of unbranched alkanes of at least 4 members (excludes halogenated alkanes) is 6. The molecule has 2 nitrogen and oxygen atoms in total. The van der Waals surface area contributed by atoms with Gasteiger partial charge in [-0.1, -0.05) is 104 Å². The van der Waals surface area contributed by atoms with Crippen molar-refractivity contribution in [2.75, 3.05) is 0 Å². The third-order valence-electron chi connectivity index (χ3n) is 11.8. The minimum Gasteiger partial charge on any atom is -0.255 e. The molecule has 0 radical (unpaired) electrons. The molecule has 0 N–H and O–H groups in total. The van der Waals surface area contributed by atoms with Gasteiger partial charge in [0.2, 0.25) is 0 Å². The zero-order chi connectivity index (χ0) is 36.0. The second-order valence-corrected chi connectivity index (χ2v) is 18.4. The average molecular weight is 721 g/mol. The summed E-state index contributed by atoms with van der Waals surface area (Å²) in [4.78, 5) is 15.7. The first-order chi connectivity index (χ1) is 25.2. The maximum atomic E-state index is 4.82. The van der Waals surface area contributed by atoms with Crippen LogP contribution < -0.4 is 0 Å². The number of thiophene rings is 2. The Morgan fingerprint density at radius 3 is 1.31 bits per heavy atom. The van der Waals surface area contributed by atoms with E-state index in [2.05, 4.69) is 114 Å². The molecule has 0 atom stereocenters. The Labute approximate surface area is 319 Å². The molecule has 0 bridgehead atoms. The third-order valence-corrected chi connectivity index (χ3v) is 14.2. The molecular formula is C48H52N2S2. The Bertz CT molecular complexity index is 2090. The number of pyridine rings is 2. The fraction of sp³-hybridized carbons (Fsp3) is 0.375. The summed E-state index contributed by atoms with van der Waals surface area (Å²) in [6.07, 6.45) is 16.8. The van der Waals surface area contributed by atoms with Gasteiger partial charge in [-0.3, -0.25) is 9.97 Å². The predicted molar refractivity (Wildman–Crippen MR) is 225 cm³/mol. The Morgan fingerprint density at radius 2 is 0.885 bits per heavy atom. The van der Waals surface area contributed by atoms with E-state index in [0.717, 1.165) is 11.4 Å². The summed E-state index contributed by atoms with van der Waals surface area (Å²) in [5, 5.41) is 0. The van der Waals surface area contributed by atoms with Gasteiger partial charge in [0.15, 0.2) is 0 Å². The molecule has 0 fully saturated rings. The highest BCUT2D eigenvalue weighted by Crippen LogP contribution is 2.54. The second-order valence-electron chi connectivity index (χ2n) is 16.2. The maximum Gasteiger partial charge on any atom is 0.0892 e. The number of hydrogen-bond acceptors (Lipinski definition) is 4. The van der Waals surface area contributed by atoms with E-state index in [1.54, 1.807) is 9.75 Å². The monoisotopic (exact) mass is 720 g/mol. The zero-order valence-electron chi connectivity index (χ0n) is 31.9. The molecule has 266 valence electrons. The van der Waals surface area contributed by atoms with Gasteiger partial charge in [0, 0.05) is 42.7 Å². The quantitative estimate of drug-likeness (QED) is 0.111. The van der Waals surface area contributed by atoms with Crippen molar-refractivity contribution in [1.82, 2.24) is 9.97 Å². The van der Waals surface area contributed by atoms with Crippen molar-refractivity contribution in [2.45, 2.75) is 117 Å². The van der Waals surface area contributed by atoms with Crippen molar-refractivity contribution >= 4 is 22.7 Å². The number of rotatable bonds is 13. The minimum atomic E-state index is -0.00377. The largest absolute Gasteiger partial charge is 0.255 e. The van der Waals surface area contributed by atoms with Crippen LogP contribution in [-0.4, -0.2) is 9.97 Å². The summed E-state index contributed by atoms with van der Waals surface area (Å²) >= 11 is 4.03. The zero-order valence-corrected chi connectivity index (χ0v) is 33.5. The van der Waals surface area contributed by atoms with E-state index in [9.17, 15) is 0 Å². The molecule has 6 aromatic rings. The number of nitrogens with zero attached hydrogens (tertiary/aromatic N) is 2. The molecule has 0 unspecified atom stereocenters. The molecule has 2 aliphatic rings. The van der Waals surface area contributed by atoms with Crippen molar-refractivity contribution < 1.29 is 0 Å². The van der Waals surface area contributed by atoms with Crippen LogP contribution in [0.2, 0.25) is 0 Å². The molecule has 4 heterocycles. The van der Waals surface area contributed by atoms with Gasteiger partial charge >= 0.3 is 0 Å². The van der Waals surface area contributed by atoms with Gasteiger partial charge in [-0.2, -0.15) is 0 Å². The third kappa shape index (κ3) is 6.30. The molecule has 52 heavy (non-hydrogen) atoms.